The molecule has 2 nitrogen and oxygen atoms in total. The molecule has 0 amide bonds. The monoisotopic (exact) mass is 255 g/mol. The van der Waals surface area contributed by atoms with Crippen LogP contribution < -0.4 is 5.32 Å². The molecule has 0 aromatic heterocycles. The van der Waals surface area contributed by atoms with Gasteiger partial charge in [-0.1, -0.05) is 6.07 Å². The van der Waals surface area contributed by atoms with Crippen molar-refractivity contribution in [3.63, 3.8) is 0 Å². The second-order valence-electron chi connectivity index (χ2n) is 4.87. The van der Waals surface area contributed by atoms with Gasteiger partial charge < -0.3 is 10.1 Å². The molecule has 1 aliphatic heterocycles. The number of rotatable bonds is 5. The Balaban J connectivity index is 1.79. The van der Waals surface area contributed by atoms with Crippen molar-refractivity contribution in [3.8, 4) is 0 Å². The summed E-state index contributed by atoms with van der Waals surface area (Å²) in [6, 6.07) is 4.08. The molecule has 4 heteroatoms. The van der Waals surface area contributed by atoms with Gasteiger partial charge in [0.25, 0.3) is 0 Å². The predicted molar refractivity (Wildman–Crippen MR) is 66.3 cm³/mol. The molecule has 2 unspecified atom stereocenters. The van der Waals surface area contributed by atoms with E-state index in [0.717, 1.165) is 38.2 Å². The van der Waals surface area contributed by atoms with Crippen LogP contribution in [-0.4, -0.2) is 19.8 Å². The Morgan fingerprint density at radius 3 is 2.89 bits per heavy atom. The highest BCUT2D eigenvalue weighted by molar-refractivity contribution is 5.20. The molecule has 2 rings (SSSR count). The van der Waals surface area contributed by atoms with E-state index in [1.165, 1.54) is 12.1 Å². The van der Waals surface area contributed by atoms with Crippen LogP contribution in [0.3, 0.4) is 0 Å². The molecular formula is C14H19F2NO. The zero-order valence-corrected chi connectivity index (χ0v) is 10.6. The fourth-order valence-corrected chi connectivity index (χ4v) is 2.21. The van der Waals surface area contributed by atoms with E-state index in [4.69, 9.17) is 4.74 Å². The molecule has 100 valence electrons. The molecule has 2 atom stereocenters. The third-order valence-electron chi connectivity index (χ3n) is 3.47. The van der Waals surface area contributed by atoms with Crippen molar-refractivity contribution < 1.29 is 13.5 Å². The molecule has 1 aliphatic rings. The minimum atomic E-state index is -0.797. The van der Waals surface area contributed by atoms with E-state index in [1.807, 2.05) is 6.92 Å². The number of halogens is 2. The van der Waals surface area contributed by atoms with Gasteiger partial charge in [-0.25, -0.2) is 8.78 Å². The first-order valence-corrected chi connectivity index (χ1v) is 6.43. The van der Waals surface area contributed by atoms with Gasteiger partial charge >= 0.3 is 0 Å². The molecule has 1 N–H and O–H groups in total. The molecule has 0 radical (unpaired) electrons. The first-order valence-electron chi connectivity index (χ1n) is 6.43. The molecule has 1 saturated heterocycles. The average Bonchev–Trinajstić information content (AvgIpc) is 2.85. The lowest BCUT2D eigenvalue weighted by Gasteiger charge is -2.16. The van der Waals surface area contributed by atoms with Gasteiger partial charge in [-0.05, 0) is 49.9 Å². The van der Waals surface area contributed by atoms with Gasteiger partial charge in [-0.3, -0.25) is 0 Å². The molecule has 1 aromatic rings. The van der Waals surface area contributed by atoms with Crippen LogP contribution in [-0.2, 0) is 4.74 Å². The van der Waals surface area contributed by atoms with E-state index < -0.39 is 11.6 Å². The lowest BCUT2D eigenvalue weighted by molar-refractivity contribution is 0.184. The van der Waals surface area contributed by atoms with Crippen molar-refractivity contribution in [1.29, 1.82) is 0 Å². The number of hydrogen-bond acceptors (Lipinski definition) is 2. The molecular weight excluding hydrogens is 236 g/mol. The van der Waals surface area contributed by atoms with Crippen molar-refractivity contribution in [1.82, 2.24) is 5.32 Å². The Morgan fingerprint density at radius 1 is 1.39 bits per heavy atom. The summed E-state index contributed by atoms with van der Waals surface area (Å²) < 4.78 is 31.2. The van der Waals surface area contributed by atoms with Crippen LogP contribution in [0.15, 0.2) is 18.2 Å². The van der Waals surface area contributed by atoms with Gasteiger partial charge in [-0.15, -0.1) is 0 Å². The van der Waals surface area contributed by atoms with Crippen LogP contribution in [0.25, 0.3) is 0 Å². The van der Waals surface area contributed by atoms with Gasteiger partial charge in [0.1, 0.15) is 0 Å². The second kappa shape index (κ2) is 6.25. The summed E-state index contributed by atoms with van der Waals surface area (Å²) in [7, 11) is 0. The van der Waals surface area contributed by atoms with Crippen molar-refractivity contribution in [3.05, 3.63) is 35.4 Å². The fourth-order valence-electron chi connectivity index (χ4n) is 2.21. The van der Waals surface area contributed by atoms with Gasteiger partial charge in [0.05, 0.1) is 0 Å². The molecule has 0 saturated carbocycles. The third kappa shape index (κ3) is 3.50. The van der Waals surface area contributed by atoms with Gasteiger partial charge in [0.15, 0.2) is 11.6 Å². The fraction of sp³-hybridized carbons (Fsp3) is 0.571. The minimum absolute atomic E-state index is 0.0300. The number of nitrogens with one attached hydrogen (secondary N) is 1. The van der Waals surface area contributed by atoms with Crippen molar-refractivity contribution >= 4 is 0 Å². The van der Waals surface area contributed by atoms with Crippen LogP contribution in [0, 0.1) is 17.6 Å². The van der Waals surface area contributed by atoms with Crippen LogP contribution in [0.5, 0.6) is 0 Å². The van der Waals surface area contributed by atoms with Gasteiger partial charge in [0, 0.05) is 19.3 Å². The highest BCUT2D eigenvalue weighted by atomic mass is 19.2. The number of ether oxygens (including phenoxy) is 1. The summed E-state index contributed by atoms with van der Waals surface area (Å²) in [5.74, 6) is -0.950. The summed E-state index contributed by atoms with van der Waals surface area (Å²) in [4.78, 5) is 0. The van der Waals surface area contributed by atoms with E-state index in [9.17, 15) is 8.78 Å². The summed E-state index contributed by atoms with van der Waals surface area (Å²) in [6.07, 6.45) is 2.19. The Morgan fingerprint density at radius 2 is 2.22 bits per heavy atom. The minimum Gasteiger partial charge on any atom is -0.381 e. The molecule has 0 spiro atoms. The Labute approximate surface area is 106 Å². The SMILES string of the molecule is CC(NCCC1CCOC1)c1ccc(F)c(F)c1. The van der Waals surface area contributed by atoms with E-state index in [1.54, 1.807) is 6.07 Å². The summed E-state index contributed by atoms with van der Waals surface area (Å²) >= 11 is 0. The van der Waals surface area contributed by atoms with E-state index in [2.05, 4.69) is 5.32 Å². The third-order valence-corrected chi connectivity index (χ3v) is 3.47. The van der Waals surface area contributed by atoms with E-state index >= 15 is 0 Å². The normalized spacial score (nSPS) is 21.2. The van der Waals surface area contributed by atoms with Crippen LogP contribution in [0.2, 0.25) is 0 Å². The molecule has 1 aromatic carbocycles. The maximum absolute atomic E-state index is 13.1. The summed E-state index contributed by atoms with van der Waals surface area (Å²) in [6.45, 7) is 4.54. The summed E-state index contributed by atoms with van der Waals surface area (Å²) in [5.41, 5.74) is 0.775. The first-order chi connectivity index (χ1) is 8.66. The lowest BCUT2D eigenvalue weighted by atomic mass is 10.0. The van der Waals surface area contributed by atoms with Crippen molar-refractivity contribution in [2.75, 3.05) is 19.8 Å². The zero-order chi connectivity index (χ0) is 13.0. The Bertz CT molecular complexity index is 391. The molecule has 18 heavy (non-hydrogen) atoms. The standard InChI is InChI=1S/C14H19F2NO/c1-10(12-2-3-13(15)14(16)8-12)17-6-4-11-5-7-18-9-11/h2-3,8,10-11,17H,4-7,9H2,1H3. The highest BCUT2D eigenvalue weighted by Gasteiger charge is 2.15. The van der Waals surface area contributed by atoms with Gasteiger partial charge in [-0.2, -0.15) is 0 Å². The molecule has 1 heterocycles. The summed E-state index contributed by atoms with van der Waals surface area (Å²) in [5, 5.41) is 3.33. The smallest absolute Gasteiger partial charge is 0.159 e. The molecule has 0 aliphatic carbocycles. The van der Waals surface area contributed by atoms with Crippen molar-refractivity contribution in [2.45, 2.75) is 25.8 Å². The maximum atomic E-state index is 13.1. The highest BCUT2D eigenvalue weighted by Crippen LogP contribution is 2.18. The van der Waals surface area contributed by atoms with Gasteiger partial charge in [0.2, 0.25) is 0 Å². The maximum Gasteiger partial charge on any atom is 0.159 e. The van der Waals surface area contributed by atoms with E-state index in [-0.39, 0.29) is 6.04 Å². The largest absolute Gasteiger partial charge is 0.381 e. The van der Waals surface area contributed by atoms with Crippen LogP contribution in [0.4, 0.5) is 8.78 Å². The Kier molecular flexibility index (Phi) is 4.66. The van der Waals surface area contributed by atoms with Crippen molar-refractivity contribution in [2.24, 2.45) is 5.92 Å². The first kappa shape index (κ1) is 13.4. The molecule has 1 fully saturated rings. The lowest BCUT2D eigenvalue weighted by Crippen LogP contribution is -2.22. The molecule has 0 bridgehead atoms. The average molecular weight is 255 g/mol. The second-order valence-corrected chi connectivity index (χ2v) is 4.87. The number of benzene rings is 1. The van der Waals surface area contributed by atoms with Crippen LogP contribution >= 0.6 is 0 Å². The van der Waals surface area contributed by atoms with Crippen LogP contribution in [0.1, 0.15) is 31.4 Å². The van der Waals surface area contributed by atoms with E-state index in [0.29, 0.717) is 5.92 Å². The Hall–Kier alpha value is -1.00. The quantitative estimate of drug-likeness (QED) is 0.873. The topological polar surface area (TPSA) is 21.3 Å². The number of hydrogen-bond donors (Lipinski definition) is 1. The predicted octanol–water partition coefficient (Wildman–Crippen LogP) is 3.04. The zero-order valence-electron chi connectivity index (χ0n) is 10.6.